The lowest BCUT2D eigenvalue weighted by atomic mass is 9.87. The zero-order valence-electron chi connectivity index (χ0n) is 20.1. The molecule has 0 spiro atoms. The molecule has 7 nitrogen and oxygen atoms in total. The fraction of sp³-hybridized carbons (Fsp3) is 0.370. The van der Waals surface area contributed by atoms with Gasteiger partial charge in [0.1, 0.15) is 23.6 Å². The lowest BCUT2D eigenvalue weighted by Crippen LogP contribution is -2.25. The molecular weight excluding hydrogens is 430 g/mol. The average Bonchev–Trinajstić information content (AvgIpc) is 2.83. The number of fused-ring (bicyclic) bond motifs is 1. The van der Waals surface area contributed by atoms with E-state index in [9.17, 15) is 9.59 Å². The Labute approximate surface area is 200 Å². The first-order valence-corrected chi connectivity index (χ1v) is 11.6. The molecule has 0 aliphatic carbocycles. The quantitative estimate of drug-likeness (QED) is 0.225. The maximum atomic E-state index is 12.6. The summed E-state index contributed by atoms with van der Waals surface area (Å²) >= 11 is 0. The minimum absolute atomic E-state index is 0.104. The standard InChI is InChI=1S/C27H33N3O4/c1-27(2,3)21-14-11-19(12-15-21)18-34-23-9-7-8-20-13-16-22(29-25(20)23)26(32)28-17-6-4-5-10-24(31)30-33/h7-9,11-16,33H,4-6,10,17-18H2,1-3H3,(H,28,32)(H,30,31). The van der Waals surface area contributed by atoms with Gasteiger partial charge in [-0.3, -0.25) is 14.8 Å². The number of pyridine rings is 1. The second kappa shape index (κ2) is 11.6. The molecule has 0 fully saturated rings. The van der Waals surface area contributed by atoms with E-state index in [1.165, 1.54) is 5.56 Å². The molecule has 34 heavy (non-hydrogen) atoms. The van der Waals surface area contributed by atoms with Crippen LogP contribution in [0.1, 0.15) is 68.1 Å². The largest absolute Gasteiger partial charge is 0.487 e. The highest BCUT2D eigenvalue weighted by Gasteiger charge is 2.14. The van der Waals surface area contributed by atoms with Gasteiger partial charge in [0.25, 0.3) is 5.91 Å². The summed E-state index contributed by atoms with van der Waals surface area (Å²) in [6, 6.07) is 17.7. The van der Waals surface area contributed by atoms with Gasteiger partial charge < -0.3 is 10.1 Å². The molecular formula is C27H33N3O4. The monoisotopic (exact) mass is 463 g/mol. The minimum atomic E-state index is -0.399. The van der Waals surface area contributed by atoms with Gasteiger partial charge in [-0.1, -0.05) is 69.7 Å². The Hall–Kier alpha value is -3.45. The van der Waals surface area contributed by atoms with Crippen molar-refractivity contribution in [3.63, 3.8) is 0 Å². The summed E-state index contributed by atoms with van der Waals surface area (Å²) in [6.07, 6.45) is 2.42. The third-order valence-corrected chi connectivity index (χ3v) is 5.62. The van der Waals surface area contributed by atoms with E-state index in [-0.39, 0.29) is 17.7 Å². The van der Waals surface area contributed by atoms with E-state index in [4.69, 9.17) is 9.94 Å². The molecule has 2 amide bonds. The Bertz CT molecular complexity index is 1120. The molecule has 0 saturated heterocycles. The van der Waals surface area contributed by atoms with E-state index < -0.39 is 5.91 Å². The van der Waals surface area contributed by atoms with Crippen LogP contribution < -0.4 is 15.5 Å². The van der Waals surface area contributed by atoms with Crippen LogP contribution in [0, 0.1) is 0 Å². The highest BCUT2D eigenvalue weighted by Crippen LogP contribution is 2.26. The number of hydroxylamine groups is 1. The minimum Gasteiger partial charge on any atom is -0.487 e. The summed E-state index contributed by atoms with van der Waals surface area (Å²) in [5.41, 5.74) is 5.04. The van der Waals surface area contributed by atoms with Crippen molar-refractivity contribution >= 4 is 22.7 Å². The van der Waals surface area contributed by atoms with Crippen molar-refractivity contribution in [3.05, 3.63) is 71.4 Å². The molecule has 3 aromatic rings. The highest BCUT2D eigenvalue weighted by atomic mass is 16.5. The van der Waals surface area contributed by atoms with Crippen LogP contribution in [0.4, 0.5) is 0 Å². The number of unbranched alkanes of at least 4 members (excludes halogenated alkanes) is 2. The first-order chi connectivity index (χ1) is 16.3. The van der Waals surface area contributed by atoms with E-state index in [0.29, 0.717) is 36.5 Å². The van der Waals surface area contributed by atoms with Gasteiger partial charge in [0.15, 0.2) is 0 Å². The van der Waals surface area contributed by atoms with Gasteiger partial charge in [-0.15, -0.1) is 0 Å². The number of amides is 2. The molecule has 1 heterocycles. The van der Waals surface area contributed by atoms with Crippen LogP contribution >= 0.6 is 0 Å². The molecule has 0 atom stereocenters. The van der Waals surface area contributed by atoms with Gasteiger partial charge in [0.2, 0.25) is 5.91 Å². The number of hydrogen-bond donors (Lipinski definition) is 3. The summed E-state index contributed by atoms with van der Waals surface area (Å²) < 4.78 is 6.07. The van der Waals surface area contributed by atoms with Crippen LogP contribution in [-0.2, 0) is 16.8 Å². The fourth-order valence-corrected chi connectivity index (χ4v) is 3.56. The molecule has 0 aliphatic heterocycles. The normalized spacial score (nSPS) is 11.3. The summed E-state index contributed by atoms with van der Waals surface area (Å²) in [5, 5.41) is 12.3. The number of rotatable bonds is 10. The van der Waals surface area contributed by atoms with Gasteiger partial charge in [0, 0.05) is 18.4 Å². The maximum absolute atomic E-state index is 12.6. The molecule has 7 heteroatoms. The van der Waals surface area contributed by atoms with Crippen molar-refractivity contribution in [2.45, 2.75) is 58.5 Å². The van der Waals surface area contributed by atoms with E-state index >= 15 is 0 Å². The molecule has 0 radical (unpaired) electrons. The van der Waals surface area contributed by atoms with Crippen molar-refractivity contribution in [1.82, 2.24) is 15.8 Å². The van der Waals surface area contributed by atoms with Crippen molar-refractivity contribution in [2.75, 3.05) is 6.54 Å². The number of nitrogens with one attached hydrogen (secondary N) is 2. The van der Waals surface area contributed by atoms with Gasteiger partial charge in [0.05, 0.1) is 0 Å². The van der Waals surface area contributed by atoms with Crippen molar-refractivity contribution in [2.24, 2.45) is 0 Å². The SMILES string of the molecule is CC(C)(C)c1ccc(COc2cccc3ccc(C(=O)NCCCCCC(=O)NO)nc23)cc1. The number of para-hydroxylation sites is 1. The van der Waals surface area contributed by atoms with Crippen LogP contribution in [-0.4, -0.2) is 28.6 Å². The predicted molar refractivity (Wildman–Crippen MR) is 132 cm³/mol. The second-order valence-corrected chi connectivity index (χ2v) is 9.36. The Kier molecular flexibility index (Phi) is 8.60. The first-order valence-electron chi connectivity index (χ1n) is 11.6. The van der Waals surface area contributed by atoms with Crippen molar-refractivity contribution in [1.29, 1.82) is 0 Å². The van der Waals surface area contributed by atoms with Crippen LogP contribution in [0.2, 0.25) is 0 Å². The second-order valence-electron chi connectivity index (χ2n) is 9.36. The zero-order valence-corrected chi connectivity index (χ0v) is 20.1. The number of carbonyl (C=O) groups excluding carboxylic acids is 2. The molecule has 0 aliphatic rings. The fourth-order valence-electron chi connectivity index (χ4n) is 3.56. The molecule has 0 saturated carbocycles. The number of nitrogens with zero attached hydrogens (tertiary/aromatic N) is 1. The number of hydrogen-bond acceptors (Lipinski definition) is 5. The molecule has 3 rings (SSSR count). The summed E-state index contributed by atoms with van der Waals surface area (Å²) in [7, 11) is 0. The zero-order chi connectivity index (χ0) is 24.6. The topological polar surface area (TPSA) is 101 Å². The molecule has 1 aromatic heterocycles. The van der Waals surface area contributed by atoms with Gasteiger partial charge in [-0.2, -0.15) is 0 Å². The molecule has 2 aromatic carbocycles. The van der Waals surface area contributed by atoms with E-state index in [2.05, 4.69) is 55.3 Å². The molecule has 3 N–H and O–H groups in total. The summed E-state index contributed by atoms with van der Waals surface area (Å²) in [4.78, 5) is 28.1. The smallest absolute Gasteiger partial charge is 0.269 e. The van der Waals surface area contributed by atoms with Crippen molar-refractivity contribution < 1.29 is 19.5 Å². The van der Waals surface area contributed by atoms with Crippen LogP contribution in [0.3, 0.4) is 0 Å². The Morgan fingerprint density at radius 2 is 1.74 bits per heavy atom. The van der Waals surface area contributed by atoms with Crippen molar-refractivity contribution in [3.8, 4) is 5.75 Å². The Morgan fingerprint density at radius 1 is 0.971 bits per heavy atom. The predicted octanol–water partition coefficient (Wildman–Crippen LogP) is 4.91. The first kappa shape index (κ1) is 25.2. The number of ether oxygens (including phenoxy) is 1. The average molecular weight is 464 g/mol. The number of aromatic nitrogens is 1. The van der Waals surface area contributed by atoms with Crippen LogP contribution in [0.5, 0.6) is 5.75 Å². The van der Waals surface area contributed by atoms with E-state index in [1.807, 2.05) is 24.3 Å². The summed E-state index contributed by atoms with van der Waals surface area (Å²) in [6.45, 7) is 7.46. The van der Waals surface area contributed by atoms with Crippen LogP contribution in [0.15, 0.2) is 54.6 Å². The maximum Gasteiger partial charge on any atom is 0.269 e. The van der Waals surface area contributed by atoms with Crippen LogP contribution in [0.25, 0.3) is 10.9 Å². The highest BCUT2D eigenvalue weighted by molar-refractivity contribution is 5.95. The van der Waals surface area contributed by atoms with E-state index in [0.717, 1.165) is 23.8 Å². The lowest BCUT2D eigenvalue weighted by Gasteiger charge is -2.19. The van der Waals surface area contributed by atoms with Gasteiger partial charge in [-0.05, 0) is 41.5 Å². The van der Waals surface area contributed by atoms with Gasteiger partial charge >= 0.3 is 0 Å². The third-order valence-electron chi connectivity index (χ3n) is 5.62. The third kappa shape index (κ3) is 7.02. The summed E-state index contributed by atoms with van der Waals surface area (Å²) in [5.74, 6) is -0.0128. The number of carbonyl (C=O) groups is 2. The Balaban J connectivity index is 1.60. The van der Waals surface area contributed by atoms with Gasteiger partial charge in [-0.25, -0.2) is 10.5 Å². The van der Waals surface area contributed by atoms with E-state index in [1.54, 1.807) is 11.5 Å². The molecule has 180 valence electrons. The lowest BCUT2D eigenvalue weighted by molar-refractivity contribution is -0.129. The molecule has 0 unspecified atom stereocenters. The Morgan fingerprint density at radius 3 is 2.44 bits per heavy atom. The number of benzene rings is 2. The molecule has 0 bridgehead atoms.